The molecular formula is C30H29N5O4S. The minimum atomic E-state index is -0.943. The number of carboxylic acid groups (broad SMARTS) is 1. The van der Waals surface area contributed by atoms with Gasteiger partial charge in [-0.1, -0.05) is 42.1 Å². The second kappa shape index (κ2) is 9.41. The Morgan fingerprint density at radius 2 is 1.77 bits per heavy atom. The Bertz CT molecular complexity index is 1760. The molecule has 0 spiro atoms. The van der Waals surface area contributed by atoms with Crippen molar-refractivity contribution < 1.29 is 14.7 Å². The summed E-state index contributed by atoms with van der Waals surface area (Å²) in [5.41, 5.74) is 3.11. The molecule has 10 heteroatoms. The normalized spacial score (nSPS) is 20.6. The number of hydrogen-bond acceptors (Lipinski definition) is 6. The summed E-state index contributed by atoms with van der Waals surface area (Å²) in [5, 5.41) is 15.2. The van der Waals surface area contributed by atoms with Crippen molar-refractivity contribution in [3.05, 3.63) is 99.6 Å². The maximum Gasteiger partial charge on any atom is 0.344 e. The lowest BCUT2D eigenvalue weighted by Crippen LogP contribution is -2.44. The fourth-order valence-electron chi connectivity index (χ4n) is 5.97. The van der Waals surface area contributed by atoms with Gasteiger partial charge in [-0.2, -0.15) is 5.10 Å². The Morgan fingerprint density at radius 3 is 2.45 bits per heavy atom. The Kier molecular flexibility index (Phi) is 6.10. The van der Waals surface area contributed by atoms with Gasteiger partial charge < -0.3 is 19.5 Å². The molecule has 0 radical (unpaired) electrons. The van der Waals surface area contributed by atoms with Crippen LogP contribution >= 0.6 is 11.8 Å². The molecule has 40 heavy (non-hydrogen) atoms. The van der Waals surface area contributed by atoms with Crippen LogP contribution < -0.4 is 10.5 Å². The number of pyridine rings is 1. The average Bonchev–Trinajstić information content (AvgIpc) is 3.58. The van der Waals surface area contributed by atoms with E-state index in [1.165, 1.54) is 22.4 Å². The Labute approximate surface area is 235 Å². The van der Waals surface area contributed by atoms with Crippen molar-refractivity contribution in [2.75, 3.05) is 10.8 Å². The quantitative estimate of drug-likeness (QED) is 0.386. The maximum absolute atomic E-state index is 14.2. The highest BCUT2D eigenvalue weighted by molar-refractivity contribution is 8.04. The number of amides is 1. The minimum absolute atomic E-state index is 0.0299. The molecule has 1 fully saturated rings. The third-order valence-corrected chi connectivity index (χ3v) is 9.18. The van der Waals surface area contributed by atoms with E-state index in [2.05, 4.69) is 10.00 Å². The zero-order chi connectivity index (χ0) is 28.3. The molecule has 4 heterocycles. The van der Waals surface area contributed by atoms with Crippen molar-refractivity contribution in [3.8, 4) is 5.69 Å². The fraction of sp³-hybridized carbons (Fsp3) is 0.267. The molecule has 0 saturated carbocycles. The standard InChI is InChI=1S/C30H29N5O4S/c1-18-26(28(37)38)40-17-33(18)27-25(19-8-6-5-7-9-19)34(29(39)30(27,2)3)21-10-12-23-20(14-21)15-31-35(23)22-11-13-24(36)32(4)16-22/h5-16,25,27H,17H2,1-4H3,(H,37,38)/t25-,27-/m0/s1. The van der Waals surface area contributed by atoms with E-state index in [0.29, 0.717) is 16.5 Å². The molecule has 6 rings (SSSR count). The predicted octanol–water partition coefficient (Wildman–Crippen LogP) is 4.53. The van der Waals surface area contributed by atoms with Crippen LogP contribution in [0.4, 0.5) is 5.69 Å². The monoisotopic (exact) mass is 555 g/mol. The van der Waals surface area contributed by atoms with Crippen molar-refractivity contribution in [1.82, 2.24) is 19.2 Å². The Morgan fingerprint density at radius 1 is 1.05 bits per heavy atom. The number of benzene rings is 2. The summed E-state index contributed by atoms with van der Waals surface area (Å²) in [6.07, 6.45) is 3.49. The molecule has 4 aromatic rings. The second-order valence-corrected chi connectivity index (χ2v) is 11.8. The van der Waals surface area contributed by atoms with Gasteiger partial charge in [0.15, 0.2) is 0 Å². The molecule has 1 saturated heterocycles. The number of fused-ring (bicyclic) bond motifs is 1. The molecule has 2 aromatic heterocycles. The van der Waals surface area contributed by atoms with E-state index in [-0.39, 0.29) is 23.6 Å². The highest BCUT2D eigenvalue weighted by atomic mass is 32.2. The fourth-order valence-corrected chi connectivity index (χ4v) is 7.04. The van der Waals surface area contributed by atoms with E-state index in [9.17, 15) is 19.5 Å². The largest absolute Gasteiger partial charge is 0.477 e. The SMILES string of the molecule is CC1=C(C(=O)O)SCN1[C@H]1[C@H](c2ccccc2)N(c2ccc3c(cnn3-c3ccc(=O)n(C)c3)c2)C(=O)C1(C)C. The van der Waals surface area contributed by atoms with E-state index in [1.807, 2.05) is 74.2 Å². The van der Waals surface area contributed by atoms with E-state index in [0.717, 1.165) is 27.8 Å². The number of aliphatic carboxylic acids is 1. The molecule has 204 valence electrons. The average molecular weight is 556 g/mol. The minimum Gasteiger partial charge on any atom is -0.477 e. The topological polar surface area (TPSA) is 101 Å². The van der Waals surface area contributed by atoms with Crippen LogP contribution in [-0.4, -0.2) is 48.1 Å². The molecule has 0 unspecified atom stereocenters. The molecule has 2 atom stereocenters. The summed E-state index contributed by atoms with van der Waals surface area (Å²) in [6.45, 7) is 5.72. The van der Waals surface area contributed by atoms with Gasteiger partial charge in [0.1, 0.15) is 4.91 Å². The van der Waals surface area contributed by atoms with Gasteiger partial charge >= 0.3 is 5.97 Å². The van der Waals surface area contributed by atoms with Crippen LogP contribution in [0, 0.1) is 5.41 Å². The summed E-state index contributed by atoms with van der Waals surface area (Å²) in [6, 6.07) is 18.4. The summed E-state index contributed by atoms with van der Waals surface area (Å²) >= 11 is 1.30. The first-order valence-electron chi connectivity index (χ1n) is 13.0. The zero-order valence-corrected chi connectivity index (χ0v) is 23.4. The number of carbonyl (C=O) groups excluding carboxylic acids is 1. The maximum atomic E-state index is 14.2. The van der Waals surface area contributed by atoms with E-state index in [1.54, 1.807) is 30.2 Å². The van der Waals surface area contributed by atoms with Gasteiger partial charge in [-0.15, -0.1) is 0 Å². The number of thioether (sulfide) groups is 1. The molecular weight excluding hydrogens is 526 g/mol. The third-order valence-electron chi connectivity index (χ3n) is 8.01. The van der Waals surface area contributed by atoms with Crippen LogP contribution in [0.15, 0.2) is 88.5 Å². The van der Waals surface area contributed by atoms with Gasteiger partial charge in [-0.05, 0) is 50.6 Å². The van der Waals surface area contributed by atoms with E-state index in [4.69, 9.17) is 0 Å². The molecule has 0 aliphatic carbocycles. The van der Waals surface area contributed by atoms with Gasteiger partial charge in [-0.25, -0.2) is 9.48 Å². The highest BCUT2D eigenvalue weighted by Gasteiger charge is 2.58. The number of anilines is 1. The Hall–Kier alpha value is -4.31. The first-order valence-corrected chi connectivity index (χ1v) is 13.9. The smallest absolute Gasteiger partial charge is 0.344 e. The molecule has 1 amide bonds. The number of rotatable bonds is 5. The molecule has 9 nitrogen and oxygen atoms in total. The van der Waals surface area contributed by atoms with E-state index < -0.39 is 11.4 Å². The van der Waals surface area contributed by atoms with Crippen LogP contribution in [-0.2, 0) is 16.6 Å². The number of hydrogen-bond donors (Lipinski definition) is 1. The summed E-state index contributed by atoms with van der Waals surface area (Å²) < 4.78 is 3.28. The lowest BCUT2D eigenvalue weighted by atomic mass is 9.81. The molecule has 1 N–H and O–H groups in total. The first-order chi connectivity index (χ1) is 19.1. The number of nitrogens with zero attached hydrogens (tertiary/aromatic N) is 5. The third kappa shape index (κ3) is 3.93. The molecule has 2 aliphatic heterocycles. The van der Waals surface area contributed by atoms with Crippen molar-refractivity contribution >= 4 is 40.2 Å². The molecule has 2 aromatic carbocycles. The van der Waals surface area contributed by atoms with Gasteiger partial charge in [0.2, 0.25) is 11.5 Å². The number of aryl methyl sites for hydroxylation is 1. The van der Waals surface area contributed by atoms with E-state index >= 15 is 0 Å². The predicted molar refractivity (Wildman–Crippen MR) is 155 cm³/mol. The number of carboxylic acids is 1. The van der Waals surface area contributed by atoms with Crippen LogP contribution in [0.3, 0.4) is 0 Å². The second-order valence-electron chi connectivity index (χ2n) is 10.8. The number of aromatic nitrogens is 3. The van der Waals surface area contributed by atoms with Crippen LogP contribution in [0.5, 0.6) is 0 Å². The van der Waals surface area contributed by atoms with Crippen LogP contribution in [0.25, 0.3) is 16.6 Å². The van der Waals surface area contributed by atoms with Gasteiger partial charge in [0.05, 0.1) is 40.8 Å². The summed E-state index contributed by atoms with van der Waals surface area (Å²) in [7, 11) is 1.70. The first kappa shape index (κ1) is 25.9. The molecule has 0 bridgehead atoms. The van der Waals surface area contributed by atoms with Crippen LogP contribution in [0.1, 0.15) is 32.4 Å². The highest BCUT2D eigenvalue weighted by Crippen LogP contribution is 2.52. The van der Waals surface area contributed by atoms with Crippen LogP contribution in [0.2, 0.25) is 0 Å². The Balaban J connectivity index is 1.48. The van der Waals surface area contributed by atoms with Gasteiger partial charge in [0, 0.05) is 36.1 Å². The number of allylic oxidation sites excluding steroid dienone is 1. The zero-order valence-electron chi connectivity index (χ0n) is 22.6. The van der Waals surface area contributed by atoms with Crippen molar-refractivity contribution in [2.24, 2.45) is 12.5 Å². The van der Waals surface area contributed by atoms with Crippen molar-refractivity contribution in [1.29, 1.82) is 0 Å². The number of carbonyl (C=O) groups is 2. The lowest BCUT2D eigenvalue weighted by Gasteiger charge is -2.38. The summed E-state index contributed by atoms with van der Waals surface area (Å²) in [5.74, 6) is -0.504. The van der Waals surface area contributed by atoms with Gasteiger partial charge in [-0.3, -0.25) is 9.59 Å². The van der Waals surface area contributed by atoms with Crippen molar-refractivity contribution in [2.45, 2.75) is 32.9 Å². The molecule has 2 aliphatic rings. The van der Waals surface area contributed by atoms with Gasteiger partial charge in [0.25, 0.3) is 0 Å². The van der Waals surface area contributed by atoms with Crippen molar-refractivity contribution in [3.63, 3.8) is 0 Å². The lowest BCUT2D eigenvalue weighted by molar-refractivity contribution is -0.131. The summed E-state index contributed by atoms with van der Waals surface area (Å²) in [4.78, 5) is 42.3.